The van der Waals surface area contributed by atoms with Crippen molar-refractivity contribution in [2.45, 2.75) is 6.04 Å². The Hall–Kier alpha value is -2.76. The third-order valence-corrected chi connectivity index (χ3v) is 3.38. The first-order chi connectivity index (χ1) is 10.2. The summed E-state index contributed by atoms with van der Waals surface area (Å²) < 4.78 is 10.7. The average molecular weight is 286 g/mol. The van der Waals surface area contributed by atoms with Gasteiger partial charge in [-0.25, -0.2) is 0 Å². The first kappa shape index (κ1) is 13.2. The summed E-state index contributed by atoms with van der Waals surface area (Å²) in [6.07, 6.45) is 0. The minimum atomic E-state index is -0.438. The first-order valence-electron chi connectivity index (χ1n) is 6.49. The lowest BCUT2D eigenvalue weighted by molar-refractivity contribution is -0.384. The number of hydrogen-bond donors (Lipinski definition) is 1. The van der Waals surface area contributed by atoms with E-state index in [1.54, 1.807) is 6.07 Å². The van der Waals surface area contributed by atoms with Crippen LogP contribution in [0.4, 0.5) is 11.4 Å². The summed E-state index contributed by atoms with van der Waals surface area (Å²) in [6, 6.07) is 12.3. The van der Waals surface area contributed by atoms with Crippen LogP contribution in [0.2, 0.25) is 0 Å². The van der Waals surface area contributed by atoms with Gasteiger partial charge in [-0.05, 0) is 6.07 Å². The van der Waals surface area contributed by atoms with Crippen molar-refractivity contribution in [3.63, 3.8) is 0 Å². The van der Waals surface area contributed by atoms with Gasteiger partial charge < -0.3 is 14.8 Å². The van der Waals surface area contributed by atoms with Crippen LogP contribution in [-0.4, -0.2) is 18.6 Å². The molecule has 6 nitrogen and oxygen atoms in total. The molecule has 2 aromatic rings. The van der Waals surface area contributed by atoms with Gasteiger partial charge in [0.25, 0.3) is 5.69 Å². The molecule has 0 spiro atoms. The van der Waals surface area contributed by atoms with Crippen molar-refractivity contribution in [1.29, 1.82) is 0 Å². The molecular formula is C15H14N2O4. The van der Waals surface area contributed by atoms with E-state index in [1.807, 2.05) is 24.3 Å². The Labute approximate surface area is 121 Å². The molecule has 0 bridgehead atoms. The fraction of sp³-hybridized carbons (Fsp3) is 0.200. The maximum Gasteiger partial charge on any atom is 0.275 e. The van der Waals surface area contributed by atoms with E-state index in [1.165, 1.54) is 19.2 Å². The molecule has 3 rings (SSSR count). The minimum Gasteiger partial charge on any atom is -0.496 e. The molecule has 0 amide bonds. The quantitative estimate of drug-likeness (QED) is 0.690. The highest BCUT2D eigenvalue weighted by atomic mass is 16.6. The zero-order valence-electron chi connectivity index (χ0n) is 11.4. The molecule has 6 heteroatoms. The fourth-order valence-electron chi connectivity index (χ4n) is 2.37. The number of nitrogens with zero attached hydrogens (tertiary/aromatic N) is 1. The number of para-hydroxylation sites is 1. The van der Waals surface area contributed by atoms with Crippen LogP contribution in [-0.2, 0) is 0 Å². The zero-order valence-corrected chi connectivity index (χ0v) is 11.4. The van der Waals surface area contributed by atoms with Crippen molar-refractivity contribution in [3.05, 3.63) is 58.1 Å². The molecule has 0 saturated heterocycles. The summed E-state index contributed by atoms with van der Waals surface area (Å²) in [5, 5.41) is 14.2. The minimum absolute atomic E-state index is 0.0101. The van der Waals surface area contributed by atoms with Crippen LogP contribution in [0.25, 0.3) is 0 Å². The fourth-order valence-corrected chi connectivity index (χ4v) is 2.37. The summed E-state index contributed by atoms with van der Waals surface area (Å²) in [7, 11) is 1.48. The number of nitro benzene ring substituents is 1. The Morgan fingerprint density at radius 1 is 1.33 bits per heavy atom. The number of benzene rings is 2. The third kappa shape index (κ3) is 2.60. The van der Waals surface area contributed by atoms with E-state index in [-0.39, 0.29) is 11.7 Å². The highest BCUT2D eigenvalue weighted by molar-refractivity contribution is 5.58. The molecule has 1 aliphatic heterocycles. The Morgan fingerprint density at radius 2 is 2.14 bits per heavy atom. The summed E-state index contributed by atoms with van der Waals surface area (Å²) >= 11 is 0. The molecule has 0 fully saturated rings. The van der Waals surface area contributed by atoms with Gasteiger partial charge in [-0.15, -0.1) is 0 Å². The molecule has 0 saturated carbocycles. The zero-order chi connectivity index (χ0) is 14.8. The normalized spacial score (nSPS) is 16.0. The molecule has 0 radical (unpaired) electrons. The van der Waals surface area contributed by atoms with Crippen molar-refractivity contribution in [2.24, 2.45) is 0 Å². The largest absolute Gasteiger partial charge is 0.496 e. The lowest BCUT2D eigenvalue weighted by Crippen LogP contribution is -2.12. The predicted octanol–water partition coefficient (Wildman–Crippen LogP) is 3.15. The number of rotatable bonds is 4. The summed E-state index contributed by atoms with van der Waals surface area (Å²) in [5.41, 5.74) is 1.67. The average Bonchev–Trinajstić information content (AvgIpc) is 2.90. The number of ether oxygens (including phenoxy) is 2. The standard InChI is InChI=1S/C15H14N2O4/c1-20-12-7-10(6-11(8-12)17(18)19)16-14-9-21-15-5-3-2-4-13(14)15/h2-8,14,16H,9H2,1H3. The van der Waals surface area contributed by atoms with Gasteiger partial charge in [0.05, 0.1) is 24.1 Å². The summed E-state index contributed by atoms with van der Waals surface area (Å²) in [6.45, 7) is 0.490. The van der Waals surface area contributed by atoms with E-state index in [0.717, 1.165) is 11.3 Å². The molecule has 0 aliphatic carbocycles. The van der Waals surface area contributed by atoms with Crippen LogP contribution in [0.3, 0.4) is 0 Å². The van der Waals surface area contributed by atoms with Crippen molar-refractivity contribution in [3.8, 4) is 11.5 Å². The summed E-state index contributed by atoms with van der Waals surface area (Å²) in [5.74, 6) is 1.28. The summed E-state index contributed by atoms with van der Waals surface area (Å²) in [4.78, 5) is 10.5. The van der Waals surface area contributed by atoms with E-state index in [0.29, 0.717) is 18.0 Å². The third-order valence-electron chi connectivity index (χ3n) is 3.38. The van der Waals surface area contributed by atoms with Gasteiger partial charge in [-0.3, -0.25) is 10.1 Å². The number of fused-ring (bicyclic) bond motifs is 1. The highest BCUT2D eigenvalue weighted by Crippen LogP contribution is 2.35. The van der Waals surface area contributed by atoms with E-state index in [4.69, 9.17) is 9.47 Å². The van der Waals surface area contributed by atoms with Crippen LogP contribution in [0.1, 0.15) is 11.6 Å². The van der Waals surface area contributed by atoms with Gasteiger partial charge >= 0.3 is 0 Å². The molecule has 108 valence electrons. The predicted molar refractivity (Wildman–Crippen MR) is 77.9 cm³/mol. The van der Waals surface area contributed by atoms with Gasteiger partial charge in [-0.1, -0.05) is 18.2 Å². The van der Waals surface area contributed by atoms with Crippen molar-refractivity contribution >= 4 is 11.4 Å². The van der Waals surface area contributed by atoms with Crippen molar-refractivity contribution in [2.75, 3.05) is 19.0 Å². The second-order valence-electron chi connectivity index (χ2n) is 4.72. The van der Waals surface area contributed by atoms with Gasteiger partial charge in [0, 0.05) is 23.4 Å². The number of non-ortho nitro benzene ring substituents is 1. The smallest absolute Gasteiger partial charge is 0.275 e. The number of nitro groups is 1. The highest BCUT2D eigenvalue weighted by Gasteiger charge is 2.24. The number of hydrogen-bond acceptors (Lipinski definition) is 5. The van der Waals surface area contributed by atoms with Crippen LogP contribution in [0.15, 0.2) is 42.5 Å². The number of methoxy groups -OCH3 is 1. The Bertz CT molecular complexity index is 687. The van der Waals surface area contributed by atoms with Crippen LogP contribution in [0.5, 0.6) is 11.5 Å². The van der Waals surface area contributed by atoms with Crippen molar-refractivity contribution < 1.29 is 14.4 Å². The molecule has 1 unspecified atom stereocenters. The molecule has 21 heavy (non-hydrogen) atoms. The van der Waals surface area contributed by atoms with Crippen LogP contribution >= 0.6 is 0 Å². The Morgan fingerprint density at radius 3 is 2.90 bits per heavy atom. The lowest BCUT2D eigenvalue weighted by Gasteiger charge is -2.14. The molecule has 1 heterocycles. The Kier molecular flexibility index (Phi) is 3.35. The number of nitrogens with one attached hydrogen (secondary N) is 1. The first-order valence-corrected chi connectivity index (χ1v) is 6.49. The van der Waals surface area contributed by atoms with E-state index < -0.39 is 4.92 Å². The van der Waals surface area contributed by atoms with Gasteiger partial charge in [-0.2, -0.15) is 0 Å². The van der Waals surface area contributed by atoms with E-state index >= 15 is 0 Å². The van der Waals surface area contributed by atoms with Gasteiger partial charge in [0.1, 0.15) is 18.1 Å². The second kappa shape index (κ2) is 5.32. The topological polar surface area (TPSA) is 73.6 Å². The van der Waals surface area contributed by atoms with E-state index in [9.17, 15) is 10.1 Å². The van der Waals surface area contributed by atoms with Crippen LogP contribution < -0.4 is 14.8 Å². The molecule has 1 N–H and O–H groups in total. The maximum absolute atomic E-state index is 11.0. The molecule has 1 aliphatic rings. The Balaban J connectivity index is 1.89. The monoisotopic (exact) mass is 286 g/mol. The second-order valence-corrected chi connectivity index (χ2v) is 4.72. The molecule has 0 aromatic heterocycles. The SMILES string of the molecule is COc1cc(NC2COc3ccccc32)cc([N+](=O)[O-])c1. The molecule has 2 aromatic carbocycles. The molecule has 1 atom stereocenters. The van der Waals surface area contributed by atoms with Crippen LogP contribution in [0, 0.1) is 10.1 Å². The van der Waals surface area contributed by atoms with E-state index in [2.05, 4.69) is 5.32 Å². The van der Waals surface area contributed by atoms with Crippen molar-refractivity contribution in [1.82, 2.24) is 0 Å². The maximum atomic E-state index is 11.0. The number of anilines is 1. The van der Waals surface area contributed by atoms with Gasteiger partial charge in [0.2, 0.25) is 0 Å². The van der Waals surface area contributed by atoms with Gasteiger partial charge in [0.15, 0.2) is 0 Å². The lowest BCUT2D eigenvalue weighted by atomic mass is 10.1. The molecular weight excluding hydrogens is 272 g/mol.